The van der Waals surface area contributed by atoms with Crippen LogP contribution in [0.5, 0.6) is 17.2 Å². The van der Waals surface area contributed by atoms with Gasteiger partial charge in [-0.25, -0.2) is 4.79 Å². The molecule has 0 fully saturated rings. The van der Waals surface area contributed by atoms with Crippen LogP contribution in [0.15, 0.2) is 48.5 Å². The van der Waals surface area contributed by atoms with Crippen LogP contribution in [0.2, 0.25) is 0 Å². The molecule has 0 aromatic heterocycles. The number of ether oxygens (including phenoxy) is 3. The van der Waals surface area contributed by atoms with Gasteiger partial charge < -0.3 is 14.2 Å². The van der Waals surface area contributed by atoms with Crippen LogP contribution in [0.1, 0.15) is 12.5 Å². The van der Waals surface area contributed by atoms with Crippen LogP contribution in [0.4, 0.5) is 0 Å². The number of carbonyl (C=O) groups excluding carboxylic acids is 1. The molecule has 0 aliphatic heterocycles. The molecule has 0 radical (unpaired) electrons. The van der Waals surface area contributed by atoms with Gasteiger partial charge in [-0.3, -0.25) is 0 Å². The summed E-state index contributed by atoms with van der Waals surface area (Å²) in [6.07, 6.45) is 0.845. The molecule has 0 atom stereocenters. The van der Waals surface area contributed by atoms with E-state index < -0.39 is 5.97 Å². The summed E-state index contributed by atoms with van der Waals surface area (Å²) < 4.78 is 15.9. The van der Waals surface area contributed by atoms with Crippen molar-refractivity contribution in [2.75, 3.05) is 13.7 Å². The molecular formula is C17H18O4. The maximum absolute atomic E-state index is 11.9. The SMILES string of the molecule is CCc1ccccc1OCC(=O)Oc1ccccc1OC. The van der Waals surface area contributed by atoms with Crippen LogP contribution in [-0.2, 0) is 11.2 Å². The Morgan fingerprint density at radius 3 is 2.24 bits per heavy atom. The van der Waals surface area contributed by atoms with Gasteiger partial charge in [0.2, 0.25) is 0 Å². The predicted octanol–water partition coefficient (Wildman–Crippen LogP) is 3.24. The monoisotopic (exact) mass is 286 g/mol. The Labute approximate surface area is 124 Å². The van der Waals surface area contributed by atoms with Crippen LogP contribution in [-0.4, -0.2) is 19.7 Å². The van der Waals surface area contributed by atoms with E-state index in [0.717, 1.165) is 12.0 Å². The van der Waals surface area contributed by atoms with Gasteiger partial charge >= 0.3 is 5.97 Å². The standard InChI is InChI=1S/C17H18O4/c1-3-13-8-4-5-9-14(13)20-12-17(18)21-16-11-7-6-10-15(16)19-2/h4-11H,3,12H2,1-2H3. The van der Waals surface area contributed by atoms with Crippen LogP contribution in [0, 0.1) is 0 Å². The van der Waals surface area contributed by atoms with E-state index in [1.807, 2.05) is 37.3 Å². The Kier molecular flexibility index (Phi) is 5.21. The zero-order chi connectivity index (χ0) is 15.1. The third-order valence-electron chi connectivity index (χ3n) is 2.99. The van der Waals surface area contributed by atoms with E-state index in [9.17, 15) is 4.79 Å². The third kappa shape index (κ3) is 3.99. The van der Waals surface area contributed by atoms with Crippen LogP contribution in [0.25, 0.3) is 0 Å². The van der Waals surface area contributed by atoms with Crippen LogP contribution in [0.3, 0.4) is 0 Å². The molecule has 0 aliphatic rings. The quantitative estimate of drug-likeness (QED) is 0.604. The summed E-state index contributed by atoms with van der Waals surface area (Å²) in [6, 6.07) is 14.6. The van der Waals surface area contributed by atoms with E-state index in [4.69, 9.17) is 14.2 Å². The molecule has 0 heterocycles. The number of hydrogen-bond donors (Lipinski definition) is 0. The summed E-state index contributed by atoms with van der Waals surface area (Å²) in [4.78, 5) is 11.9. The molecule has 21 heavy (non-hydrogen) atoms. The highest BCUT2D eigenvalue weighted by Gasteiger charge is 2.11. The largest absolute Gasteiger partial charge is 0.493 e. The predicted molar refractivity (Wildman–Crippen MR) is 79.9 cm³/mol. The normalized spacial score (nSPS) is 10.0. The summed E-state index contributed by atoms with van der Waals surface area (Å²) in [7, 11) is 1.53. The fourth-order valence-electron chi connectivity index (χ4n) is 1.93. The molecule has 0 spiro atoms. The van der Waals surface area contributed by atoms with E-state index in [0.29, 0.717) is 17.2 Å². The lowest BCUT2D eigenvalue weighted by Crippen LogP contribution is -2.18. The fraction of sp³-hybridized carbons (Fsp3) is 0.235. The van der Waals surface area contributed by atoms with E-state index in [-0.39, 0.29) is 6.61 Å². The number of carbonyl (C=O) groups is 1. The number of esters is 1. The minimum absolute atomic E-state index is 0.144. The summed E-state index contributed by atoms with van der Waals surface area (Å²) in [5, 5.41) is 0. The Morgan fingerprint density at radius 2 is 1.57 bits per heavy atom. The topological polar surface area (TPSA) is 44.8 Å². The van der Waals surface area contributed by atoms with Crippen molar-refractivity contribution in [2.45, 2.75) is 13.3 Å². The molecule has 2 rings (SSSR count). The average Bonchev–Trinajstić information content (AvgIpc) is 2.53. The van der Waals surface area contributed by atoms with Gasteiger partial charge in [-0.05, 0) is 30.2 Å². The molecule has 0 saturated carbocycles. The van der Waals surface area contributed by atoms with Crippen molar-refractivity contribution in [2.24, 2.45) is 0 Å². The van der Waals surface area contributed by atoms with Crippen molar-refractivity contribution in [1.29, 1.82) is 0 Å². The second-order valence-corrected chi connectivity index (χ2v) is 4.37. The highest BCUT2D eigenvalue weighted by Crippen LogP contribution is 2.26. The first kappa shape index (κ1) is 14.9. The number of aryl methyl sites for hydroxylation is 1. The van der Waals surface area contributed by atoms with E-state index in [1.165, 1.54) is 7.11 Å². The van der Waals surface area contributed by atoms with Gasteiger partial charge in [-0.2, -0.15) is 0 Å². The van der Waals surface area contributed by atoms with Crippen molar-refractivity contribution in [3.05, 3.63) is 54.1 Å². The Morgan fingerprint density at radius 1 is 0.952 bits per heavy atom. The molecule has 0 amide bonds. The van der Waals surface area contributed by atoms with Gasteiger partial charge in [0, 0.05) is 0 Å². The van der Waals surface area contributed by atoms with Gasteiger partial charge in [0.05, 0.1) is 7.11 Å². The maximum atomic E-state index is 11.9. The van der Waals surface area contributed by atoms with Gasteiger partial charge in [0.25, 0.3) is 0 Å². The molecule has 0 aliphatic carbocycles. The van der Waals surface area contributed by atoms with Crippen molar-refractivity contribution in [3.8, 4) is 17.2 Å². The highest BCUT2D eigenvalue weighted by atomic mass is 16.6. The molecule has 0 N–H and O–H groups in total. The molecule has 4 heteroatoms. The first-order chi connectivity index (χ1) is 10.2. The highest BCUT2D eigenvalue weighted by molar-refractivity contribution is 5.74. The van der Waals surface area contributed by atoms with Crippen molar-refractivity contribution < 1.29 is 19.0 Å². The van der Waals surface area contributed by atoms with Gasteiger partial charge in [-0.15, -0.1) is 0 Å². The molecule has 0 bridgehead atoms. The number of rotatable bonds is 6. The number of hydrogen-bond acceptors (Lipinski definition) is 4. The molecule has 2 aromatic carbocycles. The average molecular weight is 286 g/mol. The molecule has 0 saturated heterocycles. The zero-order valence-electron chi connectivity index (χ0n) is 12.2. The molecule has 4 nitrogen and oxygen atoms in total. The Balaban J connectivity index is 1.96. The summed E-state index contributed by atoms with van der Waals surface area (Å²) >= 11 is 0. The van der Waals surface area contributed by atoms with E-state index >= 15 is 0 Å². The summed E-state index contributed by atoms with van der Waals surface area (Å²) in [5.74, 6) is 1.14. The molecule has 2 aromatic rings. The Hall–Kier alpha value is -2.49. The van der Waals surface area contributed by atoms with Gasteiger partial charge in [-0.1, -0.05) is 37.3 Å². The molecule has 0 unspecified atom stereocenters. The first-order valence-corrected chi connectivity index (χ1v) is 6.79. The fourth-order valence-corrected chi connectivity index (χ4v) is 1.93. The lowest BCUT2D eigenvalue weighted by Gasteiger charge is -2.11. The lowest BCUT2D eigenvalue weighted by atomic mass is 10.1. The van der Waals surface area contributed by atoms with E-state index in [2.05, 4.69) is 0 Å². The number of benzene rings is 2. The van der Waals surface area contributed by atoms with E-state index in [1.54, 1.807) is 18.2 Å². The lowest BCUT2D eigenvalue weighted by molar-refractivity contribution is -0.136. The van der Waals surface area contributed by atoms with Gasteiger partial charge in [0.15, 0.2) is 18.1 Å². The third-order valence-corrected chi connectivity index (χ3v) is 2.99. The number of para-hydroxylation sites is 3. The van der Waals surface area contributed by atoms with Crippen LogP contribution < -0.4 is 14.2 Å². The van der Waals surface area contributed by atoms with Crippen molar-refractivity contribution >= 4 is 5.97 Å². The Bertz CT molecular complexity index is 607. The minimum atomic E-state index is -0.467. The van der Waals surface area contributed by atoms with Crippen molar-refractivity contribution in [1.82, 2.24) is 0 Å². The first-order valence-electron chi connectivity index (χ1n) is 6.79. The molecule has 110 valence electrons. The zero-order valence-corrected chi connectivity index (χ0v) is 12.2. The second-order valence-electron chi connectivity index (χ2n) is 4.37. The van der Waals surface area contributed by atoms with Crippen LogP contribution >= 0.6 is 0 Å². The summed E-state index contributed by atoms with van der Waals surface area (Å²) in [6.45, 7) is 1.89. The number of methoxy groups -OCH3 is 1. The maximum Gasteiger partial charge on any atom is 0.349 e. The second kappa shape index (κ2) is 7.33. The summed E-state index contributed by atoms with van der Waals surface area (Å²) in [5.41, 5.74) is 1.06. The minimum Gasteiger partial charge on any atom is -0.493 e. The van der Waals surface area contributed by atoms with Gasteiger partial charge in [0.1, 0.15) is 5.75 Å². The smallest absolute Gasteiger partial charge is 0.349 e. The van der Waals surface area contributed by atoms with Crippen molar-refractivity contribution in [3.63, 3.8) is 0 Å². The molecular weight excluding hydrogens is 268 g/mol.